The van der Waals surface area contributed by atoms with Crippen molar-refractivity contribution < 1.29 is 33.3 Å². The van der Waals surface area contributed by atoms with Gasteiger partial charge in [0.1, 0.15) is 0 Å². The van der Waals surface area contributed by atoms with Crippen molar-refractivity contribution in [2.24, 2.45) is 23.2 Å². The Morgan fingerprint density at radius 2 is 1.85 bits per heavy atom. The zero-order chi connectivity index (χ0) is 25.3. The fourth-order valence-electron chi connectivity index (χ4n) is 6.64. The van der Waals surface area contributed by atoms with Crippen molar-refractivity contribution in [3.8, 4) is 0 Å². The van der Waals surface area contributed by atoms with E-state index in [4.69, 9.17) is 0 Å². The third-order valence-corrected chi connectivity index (χ3v) is 8.53. The van der Waals surface area contributed by atoms with E-state index in [1.54, 1.807) is 0 Å². The average Bonchev–Trinajstić information content (AvgIpc) is 3.06. The van der Waals surface area contributed by atoms with E-state index in [-0.39, 0.29) is 11.3 Å². The first-order valence-corrected chi connectivity index (χ1v) is 12.5. The number of carbonyl (C=O) groups is 1. The highest BCUT2D eigenvalue weighted by Gasteiger charge is 2.52. The summed E-state index contributed by atoms with van der Waals surface area (Å²) in [5, 5.41) is 32.1. The highest BCUT2D eigenvalue weighted by atomic mass is 19.4. The number of rotatable bonds is 6. The molecule has 3 aliphatic rings. The summed E-state index contributed by atoms with van der Waals surface area (Å²) < 4.78 is 38.6. The predicted molar refractivity (Wildman–Crippen MR) is 124 cm³/mol. The lowest BCUT2D eigenvalue weighted by atomic mass is 9.61. The maximum atomic E-state index is 12.9. The van der Waals surface area contributed by atoms with E-state index in [1.165, 1.54) is 5.57 Å². The van der Waals surface area contributed by atoms with Crippen LogP contribution in [0.25, 0.3) is 0 Å². The number of hydrogen-bond acceptors (Lipinski definition) is 4. The van der Waals surface area contributed by atoms with E-state index in [2.05, 4.69) is 24.4 Å². The number of allylic oxidation sites excluding steroid dienone is 3. The summed E-state index contributed by atoms with van der Waals surface area (Å²) in [4.78, 5) is 12.1. The molecule has 3 aliphatic carbocycles. The Kier molecular flexibility index (Phi) is 8.25. The van der Waals surface area contributed by atoms with E-state index >= 15 is 0 Å². The van der Waals surface area contributed by atoms with Crippen LogP contribution in [-0.4, -0.2) is 51.8 Å². The number of alkyl halides is 3. The van der Waals surface area contributed by atoms with Gasteiger partial charge in [0.15, 0.2) is 5.60 Å². The lowest BCUT2D eigenvalue weighted by Crippen LogP contribution is -2.47. The van der Waals surface area contributed by atoms with Gasteiger partial charge in [-0.1, -0.05) is 37.1 Å². The molecule has 0 heterocycles. The van der Waals surface area contributed by atoms with Crippen LogP contribution >= 0.6 is 0 Å². The van der Waals surface area contributed by atoms with Gasteiger partial charge in [-0.3, -0.25) is 4.79 Å². The number of nitrogens with one attached hydrogen (secondary N) is 1. The van der Waals surface area contributed by atoms with E-state index in [0.29, 0.717) is 44.6 Å². The fraction of sp³-hybridized carbons (Fsp3) is 0.808. The highest BCUT2D eigenvalue weighted by Crippen LogP contribution is 2.59. The summed E-state index contributed by atoms with van der Waals surface area (Å²) in [6.45, 7) is 5.26. The predicted octanol–water partition coefficient (Wildman–Crippen LogP) is 4.42. The van der Waals surface area contributed by atoms with Crippen LogP contribution in [0, 0.1) is 23.2 Å². The summed E-state index contributed by atoms with van der Waals surface area (Å²) in [5.74, 6) is 0.0824. The van der Waals surface area contributed by atoms with Gasteiger partial charge in [-0.05, 0) is 81.5 Å². The molecular formula is C26H40F3NO4. The average molecular weight is 488 g/mol. The Morgan fingerprint density at radius 1 is 1.21 bits per heavy atom. The molecule has 4 N–H and O–H groups in total. The topological polar surface area (TPSA) is 89.8 Å². The van der Waals surface area contributed by atoms with Crippen LogP contribution in [0.5, 0.6) is 0 Å². The lowest BCUT2D eigenvalue weighted by molar-refractivity contribution is -0.253. The first-order chi connectivity index (χ1) is 15.7. The molecular weight excluding hydrogens is 447 g/mol. The molecule has 0 radical (unpaired) electrons. The fourth-order valence-corrected chi connectivity index (χ4v) is 6.64. The molecule has 8 heteroatoms. The van der Waals surface area contributed by atoms with E-state index in [1.807, 2.05) is 6.92 Å². The van der Waals surface area contributed by atoms with Gasteiger partial charge in [-0.25, -0.2) is 0 Å². The smallest absolute Gasteiger partial charge is 0.393 e. The molecule has 0 aliphatic heterocycles. The summed E-state index contributed by atoms with van der Waals surface area (Å²) in [6, 6.07) is 0. The molecule has 0 unspecified atom stereocenters. The van der Waals surface area contributed by atoms with E-state index in [0.717, 1.165) is 37.7 Å². The molecule has 0 aromatic heterocycles. The Hall–Kier alpha value is -1.38. The number of fused-ring (bicyclic) bond motifs is 1. The van der Waals surface area contributed by atoms with Gasteiger partial charge in [0.2, 0.25) is 5.91 Å². The number of aliphatic hydroxyl groups excluding tert-OH is 2. The van der Waals surface area contributed by atoms with Crippen LogP contribution in [0.4, 0.5) is 13.2 Å². The zero-order valence-corrected chi connectivity index (χ0v) is 20.5. The van der Waals surface area contributed by atoms with Crippen LogP contribution in [0.2, 0.25) is 0 Å². The second-order valence-electron chi connectivity index (χ2n) is 11.3. The molecule has 3 rings (SSSR count). The summed E-state index contributed by atoms with van der Waals surface area (Å²) in [5.41, 5.74) is -0.495. The minimum Gasteiger partial charge on any atom is -0.393 e. The summed E-state index contributed by atoms with van der Waals surface area (Å²) in [6.07, 6.45) is 4.29. The van der Waals surface area contributed by atoms with Crippen molar-refractivity contribution in [2.45, 2.75) is 103 Å². The van der Waals surface area contributed by atoms with Gasteiger partial charge in [-0.2, -0.15) is 13.2 Å². The lowest BCUT2D eigenvalue weighted by Gasteiger charge is -2.44. The van der Waals surface area contributed by atoms with Gasteiger partial charge < -0.3 is 20.6 Å². The number of hydrogen-bond donors (Lipinski definition) is 4. The molecule has 5 nitrogen and oxygen atoms in total. The molecule has 194 valence electrons. The van der Waals surface area contributed by atoms with Crippen molar-refractivity contribution >= 4 is 5.91 Å². The monoisotopic (exact) mass is 487 g/mol. The maximum Gasteiger partial charge on any atom is 0.417 e. The molecule has 3 fully saturated rings. The van der Waals surface area contributed by atoms with Gasteiger partial charge >= 0.3 is 6.18 Å². The number of halogens is 3. The van der Waals surface area contributed by atoms with Gasteiger partial charge in [0.25, 0.3) is 0 Å². The SMILES string of the molecule is C[C@@H](CNC(=O)C[C@@](C)(O)C(F)(F)F)[C@H]1CC[C@H]2/C(=C/C=C3C[C@@H](O)C[C@H](O)C3)CCC[C@]12C. The molecule has 0 saturated heterocycles. The quantitative estimate of drug-likeness (QED) is 0.447. The standard InChI is InChI=1S/C26H40F3NO4/c1-16(15-30-23(33)14-25(3,34)26(27,28)29)21-8-9-22-18(5-4-10-24(21,22)2)7-6-17-11-19(31)13-20(32)12-17/h6-7,16,19-22,31-32,34H,4-5,8-15H2,1-3H3,(H,30,33)/b18-7+/t16-,19+,20+,21+,22-,24+,25+/m0/s1. The number of aliphatic hydroxyl groups is 3. The second kappa shape index (κ2) is 10.3. The number of carbonyl (C=O) groups excluding carboxylic acids is 1. The van der Waals surface area contributed by atoms with Gasteiger partial charge in [0, 0.05) is 6.54 Å². The van der Waals surface area contributed by atoms with Crippen LogP contribution in [0.1, 0.15) is 78.6 Å². The van der Waals surface area contributed by atoms with Crippen LogP contribution in [-0.2, 0) is 4.79 Å². The normalized spacial score (nSPS) is 36.0. The van der Waals surface area contributed by atoms with Gasteiger partial charge in [0.05, 0.1) is 18.6 Å². The Labute approximate surface area is 200 Å². The van der Waals surface area contributed by atoms with Crippen LogP contribution < -0.4 is 5.32 Å². The van der Waals surface area contributed by atoms with E-state index in [9.17, 15) is 33.3 Å². The first-order valence-electron chi connectivity index (χ1n) is 12.5. The molecule has 34 heavy (non-hydrogen) atoms. The third-order valence-electron chi connectivity index (χ3n) is 8.53. The van der Waals surface area contributed by atoms with E-state index < -0.39 is 36.3 Å². The van der Waals surface area contributed by atoms with Crippen molar-refractivity contribution in [3.05, 3.63) is 23.3 Å². The second-order valence-corrected chi connectivity index (χ2v) is 11.3. The van der Waals surface area contributed by atoms with Crippen molar-refractivity contribution in [3.63, 3.8) is 0 Å². The molecule has 0 spiro atoms. The largest absolute Gasteiger partial charge is 0.417 e. The third kappa shape index (κ3) is 6.05. The molecule has 1 amide bonds. The van der Waals surface area contributed by atoms with Gasteiger partial charge in [-0.15, -0.1) is 0 Å². The maximum absolute atomic E-state index is 12.9. The Morgan fingerprint density at radius 3 is 2.47 bits per heavy atom. The first kappa shape index (κ1) is 27.2. The van der Waals surface area contributed by atoms with Crippen molar-refractivity contribution in [2.75, 3.05) is 6.54 Å². The highest BCUT2D eigenvalue weighted by molar-refractivity contribution is 5.77. The van der Waals surface area contributed by atoms with Crippen molar-refractivity contribution in [1.82, 2.24) is 5.32 Å². The minimum absolute atomic E-state index is 0.0653. The molecule has 0 aromatic carbocycles. The molecule has 7 atom stereocenters. The Balaban J connectivity index is 1.62. The minimum atomic E-state index is -4.85. The van der Waals surface area contributed by atoms with Crippen LogP contribution in [0.3, 0.4) is 0 Å². The van der Waals surface area contributed by atoms with Crippen molar-refractivity contribution in [1.29, 1.82) is 0 Å². The number of amides is 1. The summed E-state index contributed by atoms with van der Waals surface area (Å²) in [7, 11) is 0. The molecule has 0 aromatic rings. The molecule has 0 bridgehead atoms. The van der Waals surface area contributed by atoms with Crippen LogP contribution in [0.15, 0.2) is 23.3 Å². The molecule has 3 saturated carbocycles. The zero-order valence-electron chi connectivity index (χ0n) is 20.5. The Bertz CT molecular complexity index is 794. The summed E-state index contributed by atoms with van der Waals surface area (Å²) >= 11 is 0.